The Kier molecular flexibility index (Phi) is 4.19. The SMILES string of the molecule is CCOC(=O)c1noc(-c2ccc(OC)cc2OC)n1. The Balaban J connectivity index is 2.34. The summed E-state index contributed by atoms with van der Waals surface area (Å²) in [7, 11) is 3.07. The van der Waals surface area contributed by atoms with E-state index in [-0.39, 0.29) is 18.3 Å². The molecule has 1 heterocycles. The number of carbonyl (C=O) groups excluding carboxylic acids is 1. The fraction of sp³-hybridized carbons (Fsp3) is 0.308. The first-order valence-corrected chi connectivity index (χ1v) is 5.92. The second-order valence-corrected chi connectivity index (χ2v) is 3.71. The van der Waals surface area contributed by atoms with Crippen molar-refractivity contribution in [2.45, 2.75) is 6.92 Å². The molecule has 0 radical (unpaired) electrons. The van der Waals surface area contributed by atoms with Crippen molar-refractivity contribution in [3.8, 4) is 23.0 Å². The zero-order valence-electron chi connectivity index (χ0n) is 11.4. The number of hydrogen-bond donors (Lipinski definition) is 0. The van der Waals surface area contributed by atoms with Crippen LogP contribution >= 0.6 is 0 Å². The van der Waals surface area contributed by atoms with Crippen LogP contribution in [0.25, 0.3) is 11.5 Å². The van der Waals surface area contributed by atoms with E-state index in [4.69, 9.17) is 18.7 Å². The maximum atomic E-state index is 11.5. The molecule has 1 aromatic carbocycles. The first-order chi connectivity index (χ1) is 9.69. The Hall–Kier alpha value is -2.57. The predicted molar refractivity (Wildman–Crippen MR) is 68.8 cm³/mol. The largest absolute Gasteiger partial charge is 0.497 e. The van der Waals surface area contributed by atoms with Gasteiger partial charge >= 0.3 is 5.97 Å². The van der Waals surface area contributed by atoms with E-state index in [0.29, 0.717) is 17.1 Å². The maximum Gasteiger partial charge on any atom is 0.379 e. The van der Waals surface area contributed by atoms with Crippen LogP contribution in [0.1, 0.15) is 17.5 Å². The number of hydrogen-bond acceptors (Lipinski definition) is 7. The van der Waals surface area contributed by atoms with Crippen molar-refractivity contribution >= 4 is 5.97 Å². The lowest BCUT2D eigenvalue weighted by molar-refractivity contribution is 0.0508. The van der Waals surface area contributed by atoms with Gasteiger partial charge in [-0.05, 0) is 24.2 Å². The number of esters is 1. The van der Waals surface area contributed by atoms with E-state index < -0.39 is 5.97 Å². The summed E-state index contributed by atoms with van der Waals surface area (Å²) in [6.45, 7) is 1.94. The summed E-state index contributed by atoms with van der Waals surface area (Å²) in [6.07, 6.45) is 0. The summed E-state index contributed by atoms with van der Waals surface area (Å²) in [6, 6.07) is 5.12. The molecular weight excluding hydrogens is 264 g/mol. The monoisotopic (exact) mass is 278 g/mol. The van der Waals surface area contributed by atoms with Gasteiger partial charge in [0.2, 0.25) is 0 Å². The number of nitrogens with zero attached hydrogens (tertiary/aromatic N) is 2. The Morgan fingerprint density at radius 1 is 1.30 bits per heavy atom. The number of benzene rings is 1. The first-order valence-electron chi connectivity index (χ1n) is 5.92. The molecule has 20 heavy (non-hydrogen) atoms. The third-order valence-corrected chi connectivity index (χ3v) is 2.52. The molecule has 0 aliphatic heterocycles. The third kappa shape index (κ3) is 2.71. The van der Waals surface area contributed by atoms with E-state index in [9.17, 15) is 4.79 Å². The average molecular weight is 278 g/mol. The highest BCUT2D eigenvalue weighted by atomic mass is 16.5. The molecule has 0 spiro atoms. The molecule has 2 rings (SSSR count). The van der Waals surface area contributed by atoms with Crippen LogP contribution in [-0.2, 0) is 4.74 Å². The van der Waals surface area contributed by atoms with E-state index in [0.717, 1.165) is 0 Å². The fourth-order valence-electron chi connectivity index (χ4n) is 1.59. The Morgan fingerprint density at radius 3 is 2.75 bits per heavy atom. The predicted octanol–water partition coefficient (Wildman–Crippen LogP) is 1.93. The van der Waals surface area contributed by atoms with Crippen LogP contribution in [0.2, 0.25) is 0 Å². The van der Waals surface area contributed by atoms with Gasteiger partial charge in [-0.3, -0.25) is 0 Å². The zero-order valence-corrected chi connectivity index (χ0v) is 11.4. The van der Waals surface area contributed by atoms with Crippen LogP contribution in [0.5, 0.6) is 11.5 Å². The van der Waals surface area contributed by atoms with Gasteiger partial charge in [0.15, 0.2) is 0 Å². The highest BCUT2D eigenvalue weighted by Crippen LogP contribution is 2.32. The lowest BCUT2D eigenvalue weighted by atomic mass is 10.2. The van der Waals surface area contributed by atoms with E-state index in [2.05, 4.69) is 10.1 Å². The van der Waals surface area contributed by atoms with Gasteiger partial charge in [-0.15, -0.1) is 0 Å². The standard InChI is InChI=1S/C13H14N2O5/c1-4-19-13(16)11-14-12(20-15-11)9-6-5-8(17-2)7-10(9)18-3/h5-7H,4H2,1-3H3. The summed E-state index contributed by atoms with van der Waals surface area (Å²) in [5.41, 5.74) is 0.566. The molecule has 1 aromatic heterocycles. The number of aromatic nitrogens is 2. The minimum atomic E-state index is -0.630. The molecule has 7 nitrogen and oxygen atoms in total. The molecule has 7 heteroatoms. The molecule has 0 aliphatic rings. The highest BCUT2D eigenvalue weighted by Gasteiger charge is 2.19. The van der Waals surface area contributed by atoms with Gasteiger partial charge in [-0.2, -0.15) is 4.98 Å². The van der Waals surface area contributed by atoms with Crippen LogP contribution in [0.15, 0.2) is 22.7 Å². The number of ether oxygens (including phenoxy) is 3. The van der Waals surface area contributed by atoms with Crippen LogP contribution < -0.4 is 9.47 Å². The van der Waals surface area contributed by atoms with Gasteiger partial charge in [-0.1, -0.05) is 0 Å². The minimum Gasteiger partial charge on any atom is -0.497 e. The first kappa shape index (κ1) is 13.9. The molecule has 0 saturated carbocycles. The smallest absolute Gasteiger partial charge is 0.379 e. The van der Waals surface area contributed by atoms with Crippen molar-refractivity contribution in [1.82, 2.24) is 10.1 Å². The molecule has 106 valence electrons. The van der Waals surface area contributed by atoms with Crippen LogP contribution in [0.3, 0.4) is 0 Å². The van der Waals surface area contributed by atoms with Crippen molar-refractivity contribution in [1.29, 1.82) is 0 Å². The number of methoxy groups -OCH3 is 2. The van der Waals surface area contributed by atoms with Gasteiger partial charge < -0.3 is 18.7 Å². The summed E-state index contributed by atoms with van der Waals surface area (Å²) < 4.78 is 20.2. The normalized spacial score (nSPS) is 10.2. The van der Waals surface area contributed by atoms with Gasteiger partial charge in [0, 0.05) is 6.07 Å². The van der Waals surface area contributed by atoms with Crippen molar-refractivity contribution < 1.29 is 23.5 Å². The van der Waals surface area contributed by atoms with Crippen molar-refractivity contribution in [2.24, 2.45) is 0 Å². The molecule has 0 saturated heterocycles. The number of carbonyl (C=O) groups is 1. The maximum absolute atomic E-state index is 11.5. The minimum absolute atomic E-state index is 0.125. The molecule has 0 amide bonds. The molecule has 0 unspecified atom stereocenters. The summed E-state index contributed by atoms with van der Waals surface area (Å²) in [5, 5.41) is 3.58. The lowest BCUT2D eigenvalue weighted by Gasteiger charge is -2.06. The van der Waals surface area contributed by atoms with E-state index in [1.54, 1.807) is 32.2 Å². The van der Waals surface area contributed by atoms with Crippen molar-refractivity contribution in [3.05, 3.63) is 24.0 Å². The van der Waals surface area contributed by atoms with E-state index in [1.165, 1.54) is 7.11 Å². The van der Waals surface area contributed by atoms with Gasteiger partial charge in [0.25, 0.3) is 11.7 Å². The zero-order chi connectivity index (χ0) is 14.5. The topological polar surface area (TPSA) is 83.7 Å². The Bertz CT molecular complexity index is 609. The van der Waals surface area contributed by atoms with Crippen LogP contribution in [0.4, 0.5) is 0 Å². The average Bonchev–Trinajstić information content (AvgIpc) is 2.96. The molecule has 0 atom stereocenters. The van der Waals surface area contributed by atoms with Gasteiger partial charge in [0.05, 0.1) is 26.4 Å². The van der Waals surface area contributed by atoms with Gasteiger partial charge in [-0.25, -0.2) is 4.79 Å². The van der Waals surface area contributed by atoms with E-state index in [1.807, 2.05) is 0 Å². The third-order valence-electron chi connectivity index (χ3n) is 2.52. The highest BCUT2D eigenvalue weighted by molar-refractivity contribution is 5.85. The molecular formula is C13H14N2O5. The second-order valence-electron chi connectivity index (χ2n) is 3.71. The summed E-state index contributed by atoms with van der Waals surface area (Å²) in [5.74, 6) is 0.557. The second kappa shape index (κ2) is 6.05. The Labute approximate surface area is 115 Å². The quantitative estimate of drug-likeness (QED) is 0.772. The molecule has 0 N–H and O–H groups in total. The molecule has 0 aliphatic carbocycles. The molecule has 0 bridgehead atoms. The molecule has 0 fully saturated rings. The molecule has 2 aromatic rings. The summed E-state index contributed by atoms with van der Waals surface area (Å²) >= 11 is 0. The van der Waals surface area contributed by atoms with E-state index >= 15 is 0 Å². The van der Waals surface area contributed by atoms with Crippen molar-refractivity contribution in [3.63, 3.8) is 0 Å². The lowest BCUT2D eigenvalue weighted by Crippen LogP contribution is -2.06. The Morgan fingerprint density at radius 2 is 2.10 bits per heavy atom. The number of rotatable bonds is 5. The van der Waals surface area contributed by atoms with Gasteiger partial charge in [0.1, 0.15) is 11.5 Å². The van der Waals surface area contributed by atoms with Crippen molar-refractivity contribution in [2.75, 3.05) is 20.8 Å². The van der Waals surface area contributed by atoms with Crippen LogP contribution in [0, 0.1) is 0 Å². The summed E-state index contributed by atoms with van der Waals surface area (Å²) in [4.78, 5) is 15.5. The van der Waals surface area contributed by atoms with Crippen LogP contribution in [-0.4, -0.2) is 36.9 Å². The fourth-order valence-corrected chi connectivity index (χ4v) is 1.59.